The van der Waals surface area contributed by atoms with Crippen molar-refractivity contribution in [3.8, 4) is 0 Å². The van der Waals surface area contributed by atoms with Crippen LogP contribution in [0.1, 0.15) is 19.3 Å². The van der Waals surface area contributed by atoms with Crippen LogP contribution in [0.2, 0.25) is 0 Å². The third kappa shape index (κ3) is 2.72. The summed E-state index contributed by atoms with van der Waals surface area (Å²) in [4.78, 5) is 0. The zero-order valence-electron chi connectivity index (χ0n) is 8.00. The topological polar surface area (TPSA) is 21.3 Å². The fourth-order valence-electron chi connectivity index (χ4n) is 1.62. The molecule has 0 bridgehead atoms. The second kappa shape index (κ2) is 4.80. The lowest BCUT2D eigenvalue weighted by Crippen LogP contribution is -2.27. The zero-order chi connectivity index (χ0) is 9.80. The minimum Gasteiger partial charge on any atom is -0.360 e. The van der Waals surface area contributed by atoms with E-state index in [-0.39, 0.29) is 6.23 Å². The Morgan fingerprint density at radius 3 is 3.00 bits per heavy atom. The maximum absolute atomic E-state index is 5.60. The number of halogens is 1. The Bertz CT molecular complexity index is 297. The Kier molecular flexibility index (Phi) is 3.43. The molecular weight excluding hydrogens is 242 g/mol. The van der Waals surface area contributed by atoms with E-state index in [0.29, 0.717) is 0 Å². The van der Waals surface area contributed by atoms with Gasteiger partial charge >= 0.3 is 0 Å². The number of benzene rings is 1. The van der Waals surface area contributed by atoms with Gasteiger partial charge in [-0.3, -0.25) is 0 Å². The maximum atomic E-state index is 5.60. The molecule has 2 rings (SSSR count). The van der Waals surface area contributed by atoms with Crippen molar-refractivity contribution in [1.29, 1.82) is 0 Å². The van der Waals surface area contributed by atoms with Crippen molar-refractivity contribution in [3.63, 3.8) is 0 Å². The predicted octanol–water partition coefficient (Wildman–Crippen LogP) is 3.39. The van der Waals surface area contributed by atoms with E-state index in [0.717, 1.165) is 23.2 Å². The van der Waals surface area contributed by atoms with Crippen LogP contribution < -0.4 is 5.32 Å². The summed E-state index contributed by atoms with van der Waals surface area (Å²) < 4.78 is 6.69. The number of rotatable bonds is 2. The van der Waals surface area contributed by atoms with Crippen LogP contribution in [0.25, 0.3) is 0 Å². The molecule has 1 N–H and O–H groups in total. The van der Waals surface area contributed by atoms with Gasteiger partial charge in [-0.1, -0.05) is 22.0 Å². The first-order chi connectivity index (χ1) is 6.84. The van der Waals surface area contributed by atoms with Gasteiger partial charge in [-0.05, 0) is 37.5 Å². The minimum atomic E-state index is 0.193. The summed E-state index contributed by atoms with van der Waals surface area (Å²) in [7, 11) is 0. The van der Waals surface area contributed by atoms with E-state index in [2.05, 4.69) is 33.4 Å². The summed E-state index contributed by atoms with van der Waals surface area (Å²) in [5.41, 5.74) is 1.12. The van der Waals surface area contributed by atoms with Crippen LogP contribution >= 0.6 is 15.9 Å². The summed E-state index contributed by atoms with van der Waals surface area (Å²) in [5.74, 6) is 0. The van der Waals surface area contributed by atoms with Crippen molar-refractivity contribution in [3.05, 3.63) is 28.7 Å². The first kappa shape index (κ1) is 9.99. The zero-order valence-corrected chi connectivity index (χ0v) is 9.59. The van der Waals surface area contributed by atoms with Gasteiger partial charge in [0.2, 0.25) is 0 Å². The van der Waals surface area contributed by atoms with Gasteiger partial charge in [-0.2, -0.15) is 0 Å². The Morgan fingerprint density at radius 2 is 2.29 bits per heavy atom. The lowest BCUT2D eigenvalue weighted by atomic mass is 10.2. The molecule has 1 aromatic rings. The van der Waals surface area contributed by atoms with E-state index >= 15 is 0 Å². The number of anilines is 1. The second-order valence-electron chi connectivity index (χ2n) is 3.51. The van der Waals surface area contributed by atoms with Crippen LogP contribution in [0.3, 0.4) is 0 Å². The van der Waals surface area contributed by atoms with Crippen molar-refractivity contribution < 1.29 is 4.74 Å². The van der Waals surface area contributed by atoms with Crippen molar-refractivity contribution in [1.82, 2.24) is 0 Å². The molecule has 1 saturated heterocycles. The number of ether oxygens (including phenoxy) is 1. The Hall–Kier alpha value is -0.540. The monoisotopic (exact) mass is 255 g/mol. The highest BCUT2D eigenvalue weighted by Crippen LogP contribution is 2.19. The third-order valence-electron chi connectivity index (χ3n) is 2.33. The van der Waals surface area contributed by atoms with Crippen LogP contribution in [-0.2, 0) is 4.74 Å². The highest BCUT2D eigenvalue weighted by molar-refractivity contribution is 9.10. The molecule has 0 aromatic heterocycles. The van der Waals surface area contributed by atoms with Crippen LogP contribution in [0, 0.1) is 0 Å². The Labute approximate surface area is 92.8 Å². The Morgan fingerprint density at radius 1 is 1.36 bits per heavy atom. The number of hydrogen-bond donors (Lipinski definition) is 1. The molecule has 1 fully saturated rings. The van der Waals surface area contributed by atoms with Gasteiger partial charge in [0.05, 0.1) is 0 Å². The van der Waals surface area contributed by atoms with Crippen LogP contribution in [-0.4, -0.2) is 12.8 Å². The smallest absolute Gasteiger partial charge is 0.127 e. The molecule has 2 nitrogen and oxygen atoms in total. The van der Waals surface area contributed by atoms with Gasteiger partial charge in [0.1, 0.15) is 6.23 Å². The first-order valence-electron chi connectivity index (χ1n) is 4.98. The van der Waals surface area contributed by atoms with Crippen LogP contribution in [0.4, 0.5) is 5.69 Å². The summed E-state index contributed by atoms with van der Waals surface area (Å²) in [6.45, 7) is 0.881. The van der Waals surface area contributed by atoms with Gasteiger partial charge in [0, 0.05) is 16.8 Å². The molecule has 0 spiro atoms. The molecule has 1 aliphatic rings. The fourth-order valence-corrected chi connectivity index (χ4v) is 2.02. The van der Waals surface area contributed by atoms with Crippen LogP contribution in [0.5, 0.6) is 0 Å². The van der Waals surface area contributed by atoms with Crippen molar-refractivity contribution in [2.45, 2.75) is 25.5 Å². The summed E-state index contributed by atoms with van der Waals surface area (Å²) >= 11 is 3.45. The molecule has 0 aliphatic carbocycles. The third-order valence-corrected chi connectivity index (χ3v) is 2.83. The van der Waals surface area contributed by atoms with Crippen molar-refractivity contribution in [2.24, 2.45) is 0 Å². The van der Waals surface area contributed by atoms with E-state index < -0.39 is 0 Å². The maximum Gasteiger partial charge on any atom is 0.127 e. The molecule has 14 heavy (non-hydrogen) atoms. The van der Waals surface area contributed by atoms with Crippen LogP contribution in [0.15, 0.2) is 28.7 Å². The molecule has 0 saturated carbocycles. The molecular formula is C11H14BrNO. The van der Waals surface area contributed by atoms with Crippen molar-refractivity contribution in [2.75, 3.05) is 11.9 Å². The largest absolute Gasteiger partial charge is 0.360 e. The molecule has 0 radical (unpaired) electrons. The van der Waals surface area contributed by atoms with Crippen molar-refractivity contribution >= 4 is 21.6 Å². The molecule has 3 heteroatoms. The van der Waals surface area contributed by atoms with E-state index in [4.69, 9.17) is 4.74 Å². The highest BCUT2D eigenvalue weighted by Gasteiger charge is 2.12. The van der Waals surface area contributed by atoms with Gasteiger partial charge in [0.15, 0.2) is 0 Å². The molecule has 1 unspecified atom stereocenters. The average molecular weight is 256 g/mol. The molecule has 76 valence electrons. The van der Waals surface area contributed by atoms with Gasteiger partial charge in [0.25, 0.3) is 0 Å². The second-order valence-corrected chi connectivity index (χ2v) is 4.43. The number of nitrogens with one attached hydrogen (secondary N) is 1. The standard InChI is InChI=1S/C11H14BrNO/c12-9-4-3-5-10(8-9)13-11-6-1-2-7-14-11/h3-5,8,11,13H,1-2,6-7H2. The quantitative estimate of drug-likeness (QED) is 0.875. The van der Waals surface area contributed by atoms with E-state index in [1.54, 1.807) is 0 Å². The molecule has 0 amide bonds. The van der Waals surface area contributed by atoms with E-state index in [9.17, 15) is 0 Å². The summed E-state index contributed by atoms with van der Waals surface area (Å²) in [6.07, 6.45) is 3.74. The SMILES string of the molecule is Brc1cccc(NC2CCCCO2)c1. The summed E-state index contributed by atoms with van der Waals surface area (Å²) in [6, 6.07) is 8.17. The van der Waals surface area contributed by atoms with E-state index in [1.807, 2.05) is 12.1 Å². The minimum absolute atomic E-state index is 0.193. The molecule has 1 atom stereocenters. The average Bonchev–Trinajstić information content (AvgIpc) is 2.19. The number of hydrogen-bond acceptors (Lipinski definition) is 2. The van der Waals surface area contributed by atoms with E-state index in [1.165, 1.54) is 12.8 Å². The lowest BCUT2D eigenvalue weighted by molar-refractivity contribution is 0.0343. The molecule has 1 heterocycles. The highest BCUT2D eigenvalue weighted by atomic mass is 79.9. The molecule has 1 aliphatic heterocycles. The Balaban J connectivity index is 1.95. The first-order valence-corrected chi connectivity index (χ1v) is 5.77. The summed E-state index contributed by atoms with van der Waals surface area (Å²) in [5, 5.41) is 3.37. The normalized spacial score (nSPS) is 21.9. The molecule has 1 aromatic carbocycles. The van der Waals surface area contributed by atoms with Gasteiger partial charge < -0.3 is 10.1 Å². The van der Waals surface area contributed by atoms with Gasteiger partial charge in [-0.25, -0.2) is 0 Å². The predicted molar refractivity (Wildman–Crippen MR) is 61.4 cm³/mol. The lowest BCUT2D eigenvalue weighted by Gasteiger charge is -2.24. The van der Waals surface area contributed by atoms with Gasteiger partial charge in [-0.15, -0.1) is 0 Å². The fraction of sp³-hybridized carbons (Fsp3) is 0.455.